The third-order valence-electron chi connectivity index (χ3n) is 6.75. The fraction of sp³-hybridized carbons (Fsp3) is 0.370. The number of amides is 2. The molecular weight excluding hydrogens is 492 g/mol. The molecule has 37 heavy (non-hydrogen) atoms. The Morgan fingerprint density at radius 1 is 1.08 bits per heavy atom. The normalized spacial score (nSPS) is 14.2. The van der Waals surface area contributed by atoms with Crippen LogP contribution in [0, 0.1) is 19.8 Å². The second-order valence-electron chi connectivity index (χ2n) is 9.79. The van der Waals surface area contributed by atoms with Gasteiger partial charge in [0.05, 0.1) is 24.1 Å². The number of nitrogens with two attached hydrogens (primary N) is 1. The lowest BCUT2D eigenvalue weighted by atomic mass is 9.97. The first-order valence-corrected chi connectivity index (χ1v) is 13.6. The molecule has 0 saturated heterocycles. The van der Waals surface area contributed by atoms with E-state index in [4.69, 9.17) is 10.3 Å². The molecule has 1 heterocycles. The number of hydrogen-bond acceptors (Lipinski definition) is 6. The van der Waals surface area contributed by atoms with Gasteiger partial charge in [0.1, 0.15) is 6.54 Å². The summed E-state index contributed by atoms with van der Waals surface area (Å²) in [5, 5.41) is 3.81. The molecule has 198 valence electrons. The molecule has 0 radical (unpaired) electrons. The minimum atomic E-state index is -3.97. The predicted octanol–water partition coefficient (Wildman–Crippen LogP) is 4.15. The van der Waals surface area contributed by atoms with Gasteiger partial charge in [0, 0.05) is 22.6 Å². The highest BCUT2D eigenvalue weighted by atomic mass is 32.2. The van der Waals surface area contributed by atoms with Crippen molar-refractivity contribution >= 4 is 27.7 Å². The van der Waals surface area contributed by atoms with Crippen LogP contribution < -0.4 is 10.5 Å². The number of benzene rings is 2. The third kappa shape index (κ3) is 5.75. The molecule has 0 aliphatic carbocycles. The molecule has 9 nitrogen and oxygen atoms in total. The van der Waals surface area contributed by atoms with Crippen molar-refractivity contribution in [2.45, 2.75) is 58.5 Å². The third-order valence-corrected chi connectivity index (χ3v) is 8.14. The summed E-state index contributed by atoms with van der Waals surface area (Å²) in [7, 11) is -2.22. The van der Waals surface area contributed by atoms with Gasteiger partial charge < -0.3 is 10.3 Å². The molecule has 2 amide bonds. The number of carbonyl (C=O) groups is 2. The van der Waals surface area contributed by atoms with Crippen molar-refractivity contribution in [2.75, 3.05) is 11.8 Å². The number of hydrogen-bond donors (Lipinski definition) is 2. The van der Waals surface area contributed by atoms with Gasteiger partial charge in [-0.15, -0.1) is 0 Å². The highest BCUT2D eigenvalue weighted by Crippen LogP contribution is 2.31. The molecule has 1 aromatic heterocycles. The quantitative estimate of drug-likeness (QED) is 0.381. The summed E-state index contributed by atoms with van der Waals surface area (Å²) in [6.07, 6.45) is 0.271. The fourth-order valence-corrected chi connectivity index (χ4v) is 6.04. The summed E-state index contributed by atoms with van der Waals surface area (Å²) in [6, 6.07) is 13.3. The molecule has 3 rings (SSSR count). The van der Waals surface area contributed by atoms with Crippen LogP contribution in [-0.4, -0.2) is 43.0 Å². The Morgan fingerprint density at radius 2 is 1.70 bits per heavy atom. The van der Waals surface area contributed by atoms with E-state index in [1.165, 1.54) is 6.07 Å². The Hall–Kier alpha value is -3.50. The zero-order valence-corrected chi connectivity index (χ0v) is 22.9. The summed E-state index contributed by atoms with van der Waals surface area (Å²) in [5.41, 5.74) is 8.95. The minimum Gasteiger partial charge on any atom is -0.364 e. The van der Waals surface area contributed by atoms with Crippen molar-refractivity contribution in [2.24, 2.45) is 11.7 Å². The summed E-state index contributed by atoms with van der Waals surface area (Å²) < 4.78 is 34.0. The zero-order chi connectivity index (χ0) is 27.5. The average Bonchev–Trinajstić information content (AvgIpc) is 3.15. The van der Waals surface area contributed by atoms with Crippen LogP contribution in [0.25, 0.3) is 11.1 Å². The Kier molecular flexibility index (Phi) is 8.24. The highest BCUT2D eigenvalue weighted by molar-refractivity contribution is 7.92. The number of rotatable bonds is 10. The van der Waals surface area contributed by atoms with Gasteiger partial charge in [-0.3, -0.25) is 4.79 Å². The Balaban J connectivity index is 1.96. The number of aromatic nitrogens is 1. The molecule has 1 unspecified atom stereocenters. The number of aryl methyl sites for hydroxylation is 1. The van der Waals surface area contributed by atoms with Crippen molar-refractivity contribution in [1.82, 2.24) is 5.16 Å². The van der Waals surface area contributed by atoms with Gasteiger partial charge in [-0.05, 0) is 25.5 Å². The van der Waals surface area contributed by atoms with E-state index in [0.29, 0.717) is 22.4 Å². The maximum absolute atomic E-state index is 13.2. The number of carbonyl (C=O) groups excluding carboxylic acids is 2. The number of nitrogens with one attached hydrogen (secondary N) is 1. The smallest absolute Gasteiger partial charge is 0.314 e. The first-order valence-electron chi connectivity index (χ1n) is 12.1. The lowest BCUT2D eigenvalue weighted by Gasteiger charge is -2.39. The van der Waals surface area contributed by atoms with Crippen LogP contribution in [-0.2, 0) is 26.2 Å². The summed E-state index contributed by atoms with van der Waals surface area (Å²) in [4.78, 5) is 25.4. The van der Waals surface area contributed by atoms with Crippen molar-refractivity contribution in [1.29, 1.82) is 0 Å². The first kappa shape index (κ1) is 28.1. The van der Waals surface area contributed by atoms with E-state index < -0.39 is 22.0 Å². The second kappa shape index (κ2) is 10.9. The number of primary amides is 1. The van der Waals surface area contributed by atoms with Gasteiger partial charge >= 0.3 is 5.91 Å². The summed E-state index contributed by atoms with van der Waals surface area (Å²) in [6.45, 7) is 9.27. The predicted molar refractivity (Wildman–Crippen MR) is 142 cm³/mol. The van der Waals surface area contributed by atoms with Crippen molar-refractivity contribution in [3.8, 4) is 11.1 Å². The molecule has 0 aliphatic rings. The van der Waals surface area contributed by atoms with Crippen molar-refractivity contribution in [3.05, 3.63) is 65.4 Å². The Morgan fingerprint density at radius 3 is 2.22 bits per heavy atom. The van der Waals surface area contributed by atoms with E-state index in [1.54, 1.807) is 46.0 Å². The van der Waals surface area contributed by atoms with E-state index in [1.807, 2.05) is 38.1 Å². The van der Waals surface area contributed by atoms with Crippen LogP contribution in [0.1, 0.15) is 44.0 Å². The van der Waals surface area contributed by atoms with Crippen molar-refractivity contribution < 1.29 is 27.0 Å². The molecule has 3 N–H and O–H groups in total. The minimum absolute atomic E-state index is 0.0782. The van der Waals surface area contributed by atoms with E-state index >= 15 is 0 Å². The van der Waals surface area contributed by atoms with Crippen LogP contribution >= 0.6 is 0 Å². The van der Waals surface area contributed by atoms with Gasteiger partial charge in [0.2, 0.25) is 5.88 Å². The number of sulfonamides is 1. The van der Waals surface area contributed by atoms with Crippen LogP contribution in [0.3, 0.4) is 0 Å². The Bertz CT molecular complexity index is 1400. The number of anilines is 1. The Labute approximate surface area is 218 Å². The summed E-state index contributed by atoms with van der Waals surface area (Å²) >= 11 is 0. The topological polar surface area (TPSA) is 132 Å². The van der Waals surface area contributed by atoms with E-state index in [-0.39, 0.29) is 40.1 Å². The molecule has 10 heteroatoms. The monoisotopic (exact) mass is 527 g/mol. The maximum atomic E-state index is 13.2. The molecule has 0 fully saturated rings. The van der Waals surface area contributed by atoms with Gasteiger partial charge in [0.25, 0.3) is 15.9 Å². The lowest BCUT2D eigenvalue weighted by Crippen LogP contribution is -2.62. The first-order chi connectivity index (χ1) is 17.3. The molecule has 2 aromatic carbocycles. The molecule has 0 bridgehead atoms. The number of likely N-dealkylation sites (N-methyl/N-ethyl adjacent to an activating group) is 1. The van der Waals surface area contributed by atoms with Crippen LogP contribution in [0.4, 0.5) is 5.88 Å². The van der Waals surface area contributed by atoms with E-state index in [2.05, 4.69) is 9.88 Å². The van der Waals surface area contributed by atoms with Gasteiger partial charge in [-0.1, -0.05) is 68.4 Å². The van der Waals surface area contributed by atoms with Crippen molar-refractivity contribution in [3.63, 3.8) is 0 Å². The van der Waals surface area contributed by atoms with E-state index in [0.717, 1.165) is 5.56 Å². The SMILES string of the molecule is CCC(=O)[N+](C)(Cc1ccc(-c2ccccc2S(=O)(=O)Nc2onc(C)c2C)cc1)[C@H](C(N)=O)C(C)C. The lowest BCUT2D eigenvalue weighted by molar-refractivity contribution is -0.868. The molecule has 3 aromatic rings. The molecule has 0 spiro atoms. The van der Waals surface area contributed by atoms with Gasteiger partial charge in [-0.25, -0.2) is 22.4 Å². The largest absolute Gasteiger partial charge is 0.364 e. The van der Waals surface area contributed by atoms with E-state index in [9.17, 15) is 18.0 Å². The molecule has 0 saturated carbocycles. The fourth-order valence-electron chi connectivity index (χ4n) is 4.77. The molecular formula is C27H35N4O5S+. The summed E-state index contributed by atoms with van der Waals surface area (Å²) in [5.74, 6) is -0.644. The zero-order valence-electron chi connectivity index (χ0n) is 22.1. The molecule has 2 atom stereocenters. The van der Waals surface area contributed by atoms with Gasteiger partial charge in [0.15, 0.2) is 6.04 Å². The highest BCUT2D eigenvalue weighted by Gasteiger charge is 2.44. The number of quaternary nitrogens is 1. The number of nitrogens with zero attached hydrogens (tertiary/aromatic N) is 2. The second-order valence-corrected chi connectivity index (χ2v) is 11.4. The standard InChI is InChI=1S/C27H34N4O5S/c1-7-24(32)31(6,25(17(2)3)26(28)33)16-20-12-14-21(15-13-20)22-10-8-9-11-23(22)37(34,35)30-27-18(4)19(5)29-36-27/h8-15,17,25H,7,16H2,1-6H3,(H2-,28,29,30,33)/p+1/t25-,31?/m0/s1. The average molecular weight is 528 g/mol. The molecule has 0 aliphatic heterocycles. The van der Waals surface area contributed by atoms with Crippen LogP contribution in [0.2, 0.25) is 0 Å². The van der Waals surface area contributed by atoms with Gasteiger partial charge in [-0.2, -0.15) is 0 Å². The van der Waals surface area contributed by atoms with Crippen LogP contribution in [0.5, 0.6) is 0 Å². The van der Waals surface area contributed by atoms with Crippen LogP contribution in [0.15, 0.2) is 57.9 Å². The maximum Gasteiger partial charge on any atom is 0.314 e.